The SMILES string of the molecule is NC(N)=NCCC[C@@H](C=O)NC(=O)[C@H](Cc1cnc[nH]1)NC(=O)[C@H](CO)NC(=O)[C@H](Cc1cnc[nH]1)NC(=O)[C@@H](N)Cc1cnc[nH]1. The molecule has 3 aromatic heterocycles. The summed E-state index contributed by atoms with van der Waals surface area (Å²) in [5, 5.41) is 20.1. The van der Waals surface area contributed by atoms with E-state index in [1.165, 1.54) is 37.6 Å². The molecule has 0 bridgehead atoms. The first-order valence-electron chi connectivity index (χ1n) is 14.6. The van der Waals surface area contributed by atoms with E-state index in [2.05, 4.69) is 56.2 Å². The van der Waals surface area contributed by atoms with Crippen LogP contribution < -0.4 is 38.5 Å². The van der Waals surface area contributed by atoms with Crippen molar-refractivity contribution in [3.8, 4) is 0 Å². The lowest BCUT2D eigenvalue weighted by Crippen LogP contribution is -2.60. The highest BCUT2D eigenvalue weighted by Gasteiger charge is 2.31. The van der Waals surface area contributed by atoms with Crippen molar-refractivity contribution < 1.29 is 29.1 Å². The lowest BCUT2D eigenvalue weighted by molar-refractivity contribution is -0.134. The molecule has 47 heavy (non-hydrogen) atoms. The number of aromatic nitrogens is 6. The molecule has 3 heterocycles. The van der Waals surface area contributed by atoms with Crippen molar-refractivity contribution in [2.75, 3.05) is 13.2 Å². The van der Waals surface area contributed by atoms with Crippen LogP contribution in [0.4, 0.5) is 0 Å². The van der Waals surface area contributed by atoms with Gasteiger partial charge in [0.05, 0.1) is 37.7 Å². The van der Waals surface area contributed by atoms with Crippen molar-refractivity contribution in [2.45, 2.75) is 62.3 Å². The fourth-order valence-corrected chi connectivity index (χ4v) is 4.37. The number of aliphatic hydroxyl groups is 1. The van der Waals surface area contributed by atoms with Crippen LogP contribution in [0.3, 0.4) is 0 Å². The number of nitrogens with one attached hydrogen (secondary N) is 7. The van der Waals surface area contributed by atoms with Crippen molar-refractivity contribution >= 4 is 35.9 Å². The number of H-pyrrole nitrogens is 3. The second-order valence-electron chi connectivity index (χ2n) is 10.5. The van der Waals surface area contributed by atoms with Crippen LogP contribution >= 0.6 is 0 Å². The van der Waals surface area contributed by atoms with Crippen LogP contribution in [0.25, 0.3) is 0 Å². The van der Waals surface area contributed by atoms with E-state index in [4.69, 9.17) is 17.2 Å². The van der Waals surface area contributed by atoms with Gasteiger partial charge in [-0.05, 0) is 12.8 Å². The maximum Gasteiger partial charge on any atom is 0.245 e. The van der Waals surface area contributed by atoms with Gasteiger partial charge in [0.25, 0.3) is 0 Å². The third kappa shape index (κ3) is 12.0. The topological polar surface area (TPSA) is 330 Å². The number of aldehydes is 1. The Kier molecular flexibility index (Phi) is 14.0. The molecule has 0 radical (unpaired) electrons. The summed E-state index contributed by atoms with van der Waals surface area (Å²) >= 11 is 0. The average molecular weight is 657 g/mol. The van der Waals surface area contributed by atoms with Gasteiger partial charge in [0.2, 0.25) is 23.6 Å². The molecule has 20 heteroatoms. The normalized spacial score (nSPS) is 14.1. The predicted molar refractivity (Wildman–Crippen MR) is 166 cm³/mol. The number of nitrogens with two attached hydrogens (primary N) is 3. The van der Waals surface area contributed by atoms with Gasteiger partial charge in [0.15, 0.2) is 5.96 Å². The van der Waals surface area contributed by atoms with Gasteiger partial charge in [-0.2, -0.15) is 0 Å². The minimum absolute atomic E-state index is 0.0464. The fourth-order valence-electron chi connectivity index (χ4n) is 4.37. The zero-order chi connectivity index (χ0) is 34.2. The molecule has 14 N–H and O–H groups in total. The van der Waals surface area contributed by atoms with Crippen molar-refractivity contribution in [2.24, 2.45) is 22.2 Å². The minimum atomic E-state index is -1.53. The predicted octanol–water partition coefficient (Wildman–Crippen LogP) is -4.60. The van der Waals surface area contributed by atoms with Crippen LogP contribution in [-0.4, -0.2) is 114 Å². The molecular weight excluding hydrogens is 616 g/mol. The van der Waals surface area contributed by atoms with E-state index in [0.717, 1.165) is 0 Å². The number of amides is 4. The van der Waals surface area contributed by atoms with Crippen LogP contribution in [0.5, 0.6) is 0 Å². The third-order valence-corrected chi connectivity index (χ3v) is 6.83. The highest BCUT2D eigenvalue weighted by molar-refractivity contribution is 5.95. The van der Waals surface area contributed by atoms with Crippen LogP contribution in [0.15, 0.2) is 42.6 Å². The molecule has 20 nitrogen and oxygen atoms in total. The van der Waals surface area contributed by atoms with E-state index in [0.29, 0.717) is 29.8 Å². The van der Waals surface area contributed by atoms with E-state index in [1.807, 2.05) is 0 Å². The smallest absolute Gasteiger partial charge is 0.245 e. The lowest BCUT2D eigenvalue weighted by Gasteiger charge is -2.25. The second kappa shape index (κ2) is 18.4. The molecule has 0 aliphatic heterocycles. The van der Waals surface area contributed by atoms with Crippen molar-refractivity contribution in [1.29, 1.82) is 0 Å². The number of nitrogens with zero attached hydrogens (tertiary/aromatic N) is 4. The molecule has 3 rings (SSSR count). The number of carbonyl (C=O) groups is 5. The molecule has 0 unspecified atom stereocenters. The van der Waals surface area contributed by atoms with Gasteiger partial charge in [-0.3, -0.25) is 24.2 Å². The van der Waals surface area contributed by atoms with Gasteiger partial charge in [0.1, 0.15) is 24.4 Å². The van der Waals surface area contributed by atoms with Gasteiger partial charge in [-0.25, -0.2) is 15.0 Å². The zero-order valence-electron chi connectivity index (χ0n) is 25.4. The largest absolute Gasteiger partial charge is 0.394 e. The molecule has 5 atom stereocenters. The summed E-state index contributed by atoms with van der Waals surface area (Å²) in [4.78, 5) is 88.5. The first-order chi connectivity index (χ1) is 22.6. The molecule has 0 aliphatic rings. The maximum atomic E-state index is 13.4. The van der Waals surface area contributed by atoms with Crippen LogP contribution in [0.2, 0.25) is 0 Å². The van der Waals surface area contributed by atoms with Crippen molar-refractivity contribution in [3.05, 3.63) is 54.7 Å². The summed E-state index contributed by atoms with van der Waals surface area (Å²) < 4.78 is 0. The van der Waals surface area contributed by atoms with E-state index in [9.17, 15) is 29.1 Å². The van der Waals surface area contributed by atoms with E-state index in [-0.39, 0.29) is 38.2 Å². The Morgan fingerprint density at radius 2 is 1.23 bits per heavy atom. The Morgan fingerprint density at radius 1 is 0.766 bits per heavy atom. The van der Waals surface area contributed by atoms with E-state index < -0.39 is 60.4 Å². The van der Waals surface area contributed by atoms with Crippen molar-refractivity contribution in [3.63, 3.8) is 0 Å². The number of aliphatic imine (C=N–C) groups is 1. The van der Waals surface area contributed by atoms with Crippen LogP contribution in [-0.2, 0) is 43.2 Å². The summed E-state index contributed by atoms with van der Waals surface area (Å²) in [5.41, 5.74) is 18.2. The fraction of sp³-hybridized carbons (Fsp3) is 0.444. The highest BCUT2D eigenvalue weighted by Crippen LogP contribution is 2.05. The third-order valence-electron chi connectivity index (χ3n) is 6.83. The summed E-state index contributed by atoms with van der Waals surface area (Å²) in [7, 11) is 0. The van der Waals surface area contributed by atoms with Gasteiger partial charge in [-0.15, -0.1) is 0 Å². The lowest BCUT2D eigenvalue weighted by atomic mass is 10.1. The number of aliphatic hydroxyl groups excluding tert-OH is 1. The van der Waals surface area contributed by atoms with Gasteiger partial charge < -0.3 is 63.3 Å². The number of imidazole rings is 3. The molecule has 0 fully saturated rings. The number of hydrogen-bond donors (Lipinski definition) is 11. The Balaban J connectivity index is 1.68. The van der Waals surface area contributed by atoms with Crippen molar-refractivity contribution in [1.82, 2.24) is 51.2 Å². The average Bonchev–Trinajstić information content (AvgIpc) is 3.85. The Bertz CT molecular complexity index is 1440. The molecule has 3 aromatic rings. The van der Waals surface area contributed by atoms with Crippen LogP contribution in [0, 0.1) is 0 Å². The standard InChI is InChI=1S/C27H40N14O6/c28-19(4-16-7-31-12-35-16)23(44)39-21(6-18-9-33-14-37-18)25(46)41-22(11-43)26(47)40-20(5-17-8-32-13-36-17)24(45)38-15(10-42)2-1-3-34-27(29)30/h7-10,12-15,19-22,43H,1-6,11,28H2,(H,31,35)(H,32,36)(H,33,37)(H,38,45)(H,39,44)(H,40,47)(H,41,46)(H4,29,30,34)/t15-,19-,20-,21-,22-/m0/s1. The number of rotatable bonds is 20. The second-order valence-corrected chi connectivity index (χ2v) is 10.5. The monoisotopic (exact) mass is 656 g/mol. The zero-order valence-corrected chi connectivity index (χ0v) is 25.4. The van der Waals surface area contributed by atoms with Gasteiger partial charge >= 0.3 is 0 Å². The Morgan fingerprint density at radius 3 is 1.70 bits per heavy atom. The summed E-state index contributed by atoms with van der Waals surface area (Å²) in [5.74, 6) is -3.17. The molecule has 0 saturated heterocycles. The first-order valence-corrected chi connectivity index (χ1v) is 14.6. The molecule has 0 aliphatic carbocycles. The van der Waals surface area contributed by atoms with Gasteiger partial charge in [0, 0.05) is 61.5 Å². The molecule has 0 spiro atoms. The Hall–Kier alpha value is -5.63. The molecular formula is C27H40N14O6. The number of carbonyl (C=O) groups excluding carboxylic acids is 5. The number of hydrogen-bond acceptors (Lipinski definition) is 11. The summed E-state index contributed by atoms with van der Waals surface area (Å²) in [6.45, 7) is -0.603. The maximum absolute atomic E-state index is 13.4. The Labute approximate surface area is 268 Å². The van der Waals surface area contributed by atoms with E-state index >= 15 is 0 Å². The van der Waals surface area contributed by atoms with Crippen LogP contribution in [0.1, 0.15) is 29.9 Å². The molecule has 4 amide bonds. The van der Waals surface area contributed by atoms with E-state index in [1.54, 1.807) is 0 Å². The summed E-state index contributed by atoms with van der Waals surface area (Å²) in [6, 6.07) is -5.93. The number of guanidine groups is 1. The summed E-state index contributed by atoms with van der Waals surface area (Å²) in [6.07, 6.45) is 9.81. The molecule has 0 aromatic carbocycles. The highest BCUT2D eigenvalue weighted by atomic mass is 16.3. The quantitative estimate of drug-likeness (QED) is 0.0237. The minimum Gasteiger partial charge on any atom is -0.394 e. The first kappa shape index (κ1) is 35.8. The molecule has 0 saturated carbocycles. The number of aromatic amines is 3. The molecule has 254 valence electrons. The van der Waals surface area contributed by atoms with Gasteiger partial charge in [-0.1, -0.05) is 0 Å².